The molecule has 8 nitrogen and oxygen atoms in total. The van der Waals surface area contributed by atoms with Gasteiger partial charge in [0.25, 0.3) is 11.8 Å². The van der Waals surface area contributed by atoms with Crippen molar-refractivity contribution in [3.63, 3.8) is 0 Å². The number of hydrazine groups is 2. The average Bonchev–Trinajstić information content (AvgIpc) is 2.46. The van der Waals surface area contributed by atoms with Crippen LogP contribution in [-0.4, -0.2) is 35.4 Å². The Morgan fingerprint density at radius 2 is 0.900 bits per heavy atom. The van der Waals surface area contributed by atoms with E-state index in [-0.39, 0.29) is 36.4 Å². The van der Waals surface area contributed by atoms with Crippen molar-refractivity contribution in [2.45, 2.75) is 25.7 Å². The Bertz CT molecular complexity index is 331. The maximum Gasteiger partial charge on any atom is 0.253 e. The van der Waals surface area contributed by atoms with Gasteiger partial charge in [-0.25, -0.2) is 0 Å². The van der Waals surface area contributed by atoms with E-state index in [2.05, 4.69) is 21.7 Å². The molecule has 0 aliphatic carbocycles. The summed E-state index contributed by atoms with van der Waals surface area (Å²) in [6, 6.07) is 0. The van der Waals surface area contributed by atoms with Crippen molar-refractivity contribution in [2.75, 3.05) is 11.8 Å². The van der Waals surface area contributed by atoms with E-state index in [1.165, 1.54) is 0 Å². The quantitative estimate of drug-likeness (QED) is 0.282. The molecule has 0 aliphatic heterocycles. The molecular formula is C10H16Cl2N4O4. The SMILES string of the molecule is O=C(CCl)NNC(=O)CCCCC(=O)NNC(=O)CCl. The van der Waals surface area contributed by atoms with Gasteiger partial charge < -0.3 is 0 Å². The normalized spacial score (nSPS) is 9.50. The van der Waals surface area contributed by atoms with Crippen LogP contribution in [-0.2, 0) is 19.2 Å². The first-order chi connectivity index (χ1) is 9.49. The van der Waals surface area contributed by atoms with Crippen molar-refractivity contribution in [1.82, 2.24) is 21.7 Å². The average molecular weight is 327 g/mol. The van der Waals surface area contributed by atoms with Gasteiger partial charge in [0.2, 0.25) is 11.8 Å². The molecular weight excluding hydrogens is 311 g/mol. The minimum Gasteiger partial charge on any atom is -0.273 e. The van der Waals surface area contributed by atoms with Crippen LogP contribution in [0.1, 0.15) is 25.7 Å². The molecule has 0 atom stereocenters. The first kappa shape index (κ1) is 18.5. The molecule has 0 unspecified atom stereocenters. The molecule has 0 aromatic rings. The molecule has 10 heteroatoms. The van der Waals surface area contributed by atoms with E-state index in [0.29, 0.717) is 12.8 Å². The lowest BCUT2D eigenvalue weighted by Crippen LogP contribution is -2.42. The van der Waals surface area contributed by atoms with E-state index in [9.17, 15) is 19.2 Å². The highest BCUT2D eigenvalue weighted by Gasteiger charge is 2.06. The Hall–Kier alpha value is -1.54. The third-order valence-electron chi connectivity index (χ3n) is 1.98. The van der Waals surface area contributed by atoms with Crippen molar-refractivity contribution in [2.24, 2.45) is 0 Å². The van der Waals surface area contributed by atoms with Gasteiger partial charge in [-0.15, -0.1) is 23.2 Å². The molecule has 4 amide bonds. The highest BCUT2D eigenvalue weighted by molar-refractivity contribution is 6.27. The summed E-state index contributed by atoms with van der Waals surface area (Å²) < 4.78 is 0. The Kier molecular flexibility index (Phi) is 10.4. The van der Waals surface area contributed by atoms with Crippen LogP contribution in [0.15, 0.2) is 0 Å². The van der Waals surface area contributed by atoms with Gasteiger partial charge in [0.15, 0.2) is 0 Å². The smallest absolute Gasteiger partial charge is 0.253 e. The fourth-order valence-electron chi connectivity index (χ4n) is 1.04. The van der Waals surface area contributed by atoms with E-state index in [1.807, 2.05) is 0 Å². The lowest BCUT2D eigenvalue weighted by atomic mass is 10.2. The van der Waals surface area contributed by atoms with Gasteiger partial charge in [-0.2, -0.15) is 0 Å². The molecule has 0 aliphatic rings. The summed E-state index contributed by atoms with van der Waals surface area (Å²) in [5.74, 6) is -2.24. The molecule has 0 aromatic carbocycles. The number of hydrogen-bond acceptors (Lipinski definition) is 4. The van der Waals surface area contributed by atoms with Crippen molar-refractivity contribution in [1.29, 1.82) is 0 Å². The number of amides is 4. The Labute approximate surface area is 125 Å². The molecule has 0 radical (unpaired) electrons. The minimum atomic E-state index is -0.505. The molecule has 4 N–H and O–H groups in total. The van der Waals surface area contributed by atoms with E-state index in [0.717, 1.165) is 0 Å². The topological polar surface area (TPSA) is 116 Å². The van der Waals surface area contributed by atoms with Crippen LogP contribution in [0.5, 0.6) is 0 Å². The van der Waals surface area contributed by atoms with Gasteiger partial charge >= 0.3 is 0 Å². The summed E-state index contributed by atoms with van der Waals surface area (Å²) in [6.45, 7) is 0. The Morgan fingerprint density at radius 3 is 1.20 bits per heavy atom. The van der Waals surface area contributed by atoms with Crippen molar-refractivity contribution < 1.29 is 19.2 Å². The summed E-state index contributed by atoms with van der Waals surface area (Å²) in [4.78, 5) is 43.9. The number of hydrogen-bond donors (Lipinski definition) is 4. The predicted octanol–water partition coefficient (Wildman–Crippen LogP) is -0.681. The van der Waals surface area contributed by atoms with Crippen molar-refractivity contribution in [3.8, 4) is 0 Å². The zero-order chi connectivity index (χ0) is 15.4. The van der Waals surface area contributed by atoms with Crippen molar-refractivity contribution >= 4 is 46.8 Å². The predicted molar refractivity (Wildman–Crippen MR) is 72.5 cm³/mol. The zero-order valence-electron chi connectivity index (χ0n) is 10.6. The van der Waals surface area contributed by atoms with E-state index < -0.39 is 11.8 Å². The monoisotopic (exact) mass is 326 g/mol. The largest absolute Gasteiger partial charge is 0.273 e. The second kappa shape index (κ2) is 11.3. The highest BCUT2D eigenvalue weighted by atomic mass is 35.5. The van der Waals surface area contributed by atoms with Gasteiger partial charge in [0.05, 0.1) is 0 Å². The Morgan fingerprint density at radius 1 is 0.600 bits per heavy atom. The first-order valence-corrected chi connectivity index (χ1v) is 6.83. The van der Waals surface area contributed by atoms with Crippen molar-refractivity contribution in [3.05, 3.63) is 0 Å². The van der Waals surface area contributed by atoms with Crippen LogP contribution in [0.3, 0.4) is 0 Å². The molecule has 0 saturated heterocycles. The van der Waals surface area contributed by atoms with E-state index >= 15 is 0 Å². The molecule has 0 saturated carbocycles. The van der Waals surface area contributed by atoms with Gasteiger partial charge in [-0.1, -0.05) is 0 Å². The lowest BCUT2D eigenvalue weighted by Gasteiger charge is -2.06. The number of halogens is 2. The maximum atomic E-state index is 11.2. The lowest BCUT2D eigenvalue weighted by molar-refractivity contribution is -0.128. The standard InChI is InChI=1S/C10H16Cl2N4O4/c11-5-9(19)15-13-7(17)3-1-2-4-8(18)14-16-10(20)6-12/h1-6H2,(H,13,17)(H,14,18)(H,15,19)(H,16,20). The van der Waals surface area contributed by atoms with E-state index in [4.69, 9.17) is 23.2 Å². The zero-order valence-corrected chi connectivity index (χ0v) is 12.1. The molecule has 0 bridgehead atoms. The summed E-state index contributed by atoms with van der Waals surface area (Å²) >= 11 is 10.4. The molecule has 0 fully saturated rings. The minimum absolute atomic E-state index is 0.157. The molecule has 0 heterocycles. The molecule has 20 heavy (non-hydrogen) atoms. The van der Waals surface area contributed by atoms with Crippen LogP contribution in [0.25, 0.3) is 0 Å². The van der Waals surface area contributed by atoms with Crippen LogP contribution >= 0.6 is 23.2 Å². The fraction of sp³-hybridized carbons (Fsp3) is 0.600. The molecule has 0 rings (SSSR count). The highest BCUT2D eigenvalue weighted by Crippen LogP contribution is 1.99. The van der Waals surface area contributed by atoms with Crippen LogP contribution in [0.4, 0.5) is 0 Å². The Balaban J connectivity index is 3.55. The second-order valence-corrected chi connectivity index (χ2v) is 4.20. The van der Waals surface area contributed by atoms with Crippen LogP contribution < -0.4 is 21.7 Å². The summed E-state index contributed by atoms with van der Waals surface area (Å²) in [5.41, 5.74) is 8.57. The third kappa shape index (κ3) is 10.4. The van der Waals surface area contributed by atoms with Gasteiger partial charge in [-0.05, 0) is 12.8 Å². The fourth-order valence-corrected chi connectivity index (χ4v) is 1.18. The number of rotatable bonds is 7. The van der Waals surface area contributed by atoms with Gasteiger partial charge in [0, 0.05) is 12.8 Å². The van der Waals surface area contributed by atoms with Gasteiger partial charge in [0.1, 0.15) is 11.8 Å². The number of unbranched alkanes of at least 4 members (excludes halogenated alkanes) is 1. The number of nitrogens with one attached hydrogen (secondary N) is 4. The third-order valence-corrected chi connectivity index (χ3v) is 2.47. The summed E-state index contributed by atoms with van der Waals surface area (Å²) in [7, 11) is 0. The first-order valence-electron chi connectivity index (χ1n) is 5.77. The molecule has 0 spiro atoms. The number of alkyl halides is 2. The number of carbonyl (C=O) groups excluding carboxylic acids is 4. The van der Waals surface area contributed by atoms with E-state index in [1.54, 1.807) is 0 Å². The maximum absolute atomic E-state index is 11.2. The van der Waals surface area contributed by atoms with Crippen LogP contribution in [0, 0.1) is 0 Å². The molecule has 114 valence electrons. The van der Waals surface area contributed by atoms with Crippen LogP contribution in [0.2, 0.25) is 0 Å². The summed E-state index contributed by atoms with van der Waals surface area (Å²) in [5, 5.41) is 0. The van der Waals surface area contributed by atoms with Gasteiger partial charge in [-0.3, -0.25) is 40.9 Å². The second-order valence-electron chi connectivity index (χ2n) is 3.67. The summed E-state index contributed by atoms with van der Waals surface area (Å²) in [6.07, 6.45) is 1.23. The molecule has 0 aromatic heterocycles. The number of carbonyl (C=O) groups is 4.